The summed E-state index contributed by atoms with van der Waals surface area (Å²) in [4.78, 5) is 103. The molecule has 5 rings (SSSR count). The van der Waals surface area contributed by atoms with Crippen LogP contribution in [-0.4, -0.2) is 117 Å². The molecule has 51 heavy (non-hydrogen) atoms. The van der Waals surface area contributed by atoms with E-state index in [-0.39, 0.29) is 50.0 Å². The van der Waals surface area contributed by atoms with Crippen LogP contribution in [0.3, 0.4) is 0 Å². The van der Waals surface area contributed by atoms with Crippen LogP contribution in [0.25, 0.3) is 0 Å². The summed E-state index contributed by atoms with van der Waals surface area (Å²) in [5, 5.41) is 2.92. The largest absolute Gasteiger partial charge is 0.443 e. The molecule has 15 nitrogen and oxygen atoms in total. The number of hydrogen-bond donors (Lipinski definition) is 1. The Hall–Kier alpha value is -4.66. The summed E-state index contributed by atoms with van der Waals surface area (Å²) in [5.74, 6) is -2.59. The first-order valence-corrected chi connectivity index (χ1v) is 17.4. The molecule has 0 saturated carbocycles. The van der Waals surface area contributed by atoms with Crippen LogP contribution < -0.4 is 5.32 Å². The number of nitrogens with zero attached hydrogens (tertiary/aromatic N) is 4. The van der Waals surface area contributed by atoms with E-state index < -0.39 is 59.1 Å². The van der Waals surface area contributed by atoms with Crippen molar-refractivity contribution in [3.05, 3.63) is 35.9 Å². The zero-order valence-corrected chi connectivity index (χ0v) is 30.3. The molecule has 1 N–H and O–H groups in total. The van der Waals surface area contributed by atoms with Crippen LogP contribution in [0.15, 0.2) is 30.3 Å². The number of piperidine rings is 3. The molecule has 0 aliphatic carbocycles. The van der Waals surface area contributed by atoms with E-state index in [9.17, 15) is 38.4 Å². The van der Waals surface area contributed by atoms with Crippen LogP contribution in [0.4, 0.5) is 9.59 Å². The average Bonchev–Trinajstić information content (AvgIpc) is 3.01. The van der Waals surface area contributed by atoms with Crippen LogP contribution >= 0.6 is 0 Å². The second-order valence-electron chi connectivity index (χ2n) is 15.1. The van der Waals surface area contributed by atoms with Crippen molar-refractivity contribution in [3.63, 3.8) is 0 Å². The molecule has 0 aromatic heterocycles. The number of rotatable bonds is 4. The molecule has 4 aliphatic heterocycles. The molecule has 1 aromatic carbocycles. The summed E-state index contributed by atoms with van der Waals surface area (Å²) in [6.45, 7) is 11.5. The summed E-state index contributed by atoms with van der Waals surface area (Å²) in [7, 11) is 0. The van der Waals surface area contributed by atoms with Gasteiger partial charge in [-0.25, -0.2) is 9.59 Å². The van der Waals surface area contributed by atoms with E-state index in [1.165, 1.54) is 15.4 Å². The fourth-order valence-electron chi connectivity index (χ4n) is 6.43. The molecule has 4 saturated heterocycles. The van der Waals surface area contributed by atoms with E-state index in [0.717, 1.165) is 12.8 Å². The first-order valence-electron chi connectivity index (χ1n) is 17.4. The maximum atomic E-state index is 12.9. The Morgan fingerprint density at radius 2 is 1.18 bits per heavy atom. The lowest BCUT2D eigenvalue weighted by atomic mass is 9.88. The van der Waals surface area contributed by atoms with Crippen LogP contribution in [-0.2, 0) is 44.7 Å². The Kier molecular flexibility index (Phi) is 12.4. The number of nitrogens with one attached hydrogen (secondary N) is 1. The van der Waals surface area contributed by atoms with Gasteiger partial charge < -0.3 is 24.6 Å². The highest BCUT2D eigenvalue weighted by molar-refractivity contribution is 6.13. The molecule has 0 spiro atoms. The number of carbonyl (C=O) groups is 8. The van der Waals surface area contributed by atoms with Crippen molar-refractivity contribution < 1.29 is 47.8 Å². The smallest absolute Gasteiger partial charge is 0.424 e. The van der Waals surface area contributed by atoms with Gasteiger partial charge in [0, 0.05) is 38.9 Å². The molecule has 3 atom stereocenters. The van der Waals surface area contributed by atoms with E-state index in [2.05, 4.69) is 5.32 Å². The third-order valence-electron chi connectivity index (χ3n) is 8.73. The van der Waals surface area contributed by atoms with Crippen molar-refractivity contribution in [2.24, 2.45) is 5.92 Å². The van der Waals surface area contributed by atoms with Crippen molar-refractivity contribution in [3.8, 4) is 0 Å². The van der Waals surface area contributed by atoms with Gasteiger partial charge in [0.15, 0.2) is 0 Å². The zero-order chi connectivity index (χ0) is 37.7. The van der Waals surface area contributed by atoms with Gasteiger partial charge in [0.05, 0.1) is 6.54 Å². The van der Waals surface area contributed by atoms with E-state index in [4.69, 9.17) is 9.47 Å². The topological polar surface area (TPSA) is 180 Å². The van der Waals surface area contributed by atoms with Gasteiger partial charge in [-0.3, -0.25) is 28.8 Å². The number of amides is 8. The van der Waals surface area contributed by atoms with Crippen LogP contribution in [0, 0.1) is 5.92 Å². The average molecular weight is 712 g/mol. The third kappa shape index (κ3) is 10.2. The lowest BCUT2D eigenvalue weighted by Crippen LogP contribution is -2.61. The lowest BCUT2D eigenvalue weighted by molar-refractivity contribution is -0.157. The maximum absolute atomic E-state index is 12.9. The molecular weight excluding hydrogens is 662 g/mol. The van der Waals surface area contributed by atoms with E-state index >= 15 is 0 Å². The van der Waals surface area contributed by atoms with Crippen molar-refractivity contribution >= 4 is 47.6 Å². The molecular formula is C36H49N5O10. The summed E-state index contributed by atoms with van der Waals surface area (Å²) < 4.78 is 10.3. The van der Waals surface area contributed by atoms with Gasteiger partial charge in [0.1, 0.15) is 23.3 Å². The summed E-state index contributed by atoms with van der Waals surface area (Å²) in [6.07, 6.45) is 0.568. The molecule has 1 aromatic rings. The molecule has 4 fully saturated rings. The Labute approximate surface area is 297 Å². The van der Waals surface area contributed by atoms with Crippen LogP contribution in [0.5, 0.6) is 0 Å². The molecule has 8 amide bonds. The number of carbonyl (C=O) groups excluding carboxylic acids is 8. The van der Waals surface area contributed by atoms with E-state index in [1.807, 2.05) is 30.3 Å². The SMILES string of the molecule is CC(C)(C)OC(=O)N1C(=O)CCC(N2CCC(Cc3ccccc3)CC2=O)C1=O.CC(C)(C)OC(=O)N1C(=O)CCC(N2CCNCC2=O)C1=O. The summed E-state index contributed by atoms with van der Waals surface area (Å²) in [5.41, 5.74) is -0.444. The molecule has 278 valence electrons. The Morgan fingerprint density at radius 1 is 0.686 bits per heavy atom. The van der Waals surface area contributed by atoms with Gasteiger partial charge in [0.2, 0.25) is 23.6 Å². The van der Waals surface area contributed by atoms with E-state index in [1.54, 1.807) is 41.5 Å². The predicted molar refractivity (Wildman–Crippen MR) is 181 cm³/mol. The number of benzene rings is 1. The highest BCUT2D eigenvalue weighted by atomic mass is 16.6. The number of ether oxygens (including phenoxy) is 2. The van der Waals surface area contributed by atoms with Gasteiger partial charge in [-0.2, -0.15) is 9.80 Å². The van der Waals surface area contributed by atoms with E-state index in [0.29, 0.717) is 35.9 Å². The molecule has 15 heteroatoms. The predicted octanol–water partition coefficient (Wildman–Crippen LogP) is 2.79. The van der Waals surface area contributed by atoms with Crippen LogP contribution in [0.2, 0.25) is 0 Å². The lowest BCUT2D eigenvalue weighted by Gasteiger charge is -2.40. The van der Waals surface area contributed by atoms with Crippen LogP contribution in [0.1, 0.15) is 85.6 Å². The molecule has 0 radical (unpaired) electrons. The zero-order valence-electron chi connectivity index (χ0n) is 30.3. The maximum Gasteiger partial charge on any atom is 0.424 e. The number of likely N-dealkylation sites (tertiary alicyclic amines) is 3. The monoisotopic (exact) mass is 711 g/mol. The van der Waals surface area contributed by atoms with Gasteiger partial charge >= 0.3 is 12.2 Å². The van der Waals surface area contributed by atoms with Crippen molar-refractivity contribution in [2.75, 3.05) is 26.2 Å². The van der Waals surface area contributed by atoms with Crippen molar-refractivity contribution in [1.29, 1.82) is 0 Å². The molecule has 4 heterocycles. The normalized spacial score (nSPS) is 23.5. The first-order chi connectivity index (χ1) is 23.9. The van der Waals surface area contributed by atoms with Gasteiger partial charge in [-0.15, -0.1) is 0 Å². The molecule has 4 aliphatic rings. The highest BCUT2D eigenvalue weighted by Crippen LogP contribution is 2.29. The summed E-state index contributed by atoms with van der Waals surface area (Å²) >= 11 is 0. The second kappa shape index (κ2) is 16.1. The van der Waals surface area contributed by atoms with Gasteiger partial charge in [-0.05, 0) is 78.7 Å². The minimum Gasteiger partial charge on any atom is -0.443 e. The number of hydrogen-bond acceptors (Lipinski definition) is 11. The Morgan fingerprint density at radius 3 is 1.63 bits per heavy atom. The summed E-state index contributed by atoms with van der Waals surface area (Å²) in [6, 6.07) is 8.46. The van der Waals surface area contributed by atoms with Crippen molar-refractivity contribution in [1.82, 2.24) is 24.9 Å². The first kappa shape index (κ1) is 39.1. The second-order valence-corrected chi connectivity index (χ2v) is 15.1. The van der Waals surface area contributed by atoms with Gasteiger partial charge in [0.25, 0.3) is 11.8 Å². The number of imide groups is 6. The quantitative estimate of drug-likeness (QED) is 0.454. The highest BCUT2D eigenvalue weighted by Gasteiger charge is 2.46. The molecule has 0 bridgehead atoms. The number of piperazine rings is 1. The molecule has 3 unspecified atom stereocenters. The fourth-order valence-corrected chi connectivity index (χ4v) is 6.43. The Bertz CT molecular complexity index is 1530. The van der Waals surface area contributed by atoms with Gasteiger partial charge in [-0.1, -0.05) is 30.3 Å². The standard InChI is InChI=1S/C22H28N2O5.C14H21N3O5/c1-22(2,3)29-21(28)24-18(25)10-9-17(20(24)27)23-12-11-16(14-19(23)26)13-15-7-5-4-6-8-15;1-14(2,3)22-13(21)17-10(18)5-4-9(12(17)20)16-7-6-15-8-11(16)19/h4-8,16-17H,9-14H2,1-3H3;9,15H,4-8H2,1-3H3. The minimum absolute atomic E-state index is 0.0346. The fraction of sp³-hybridized carbons (Fsp3) is 0.611. The minimum atomic E-state index is -0.977. The Balaban J connectivity index is 0.000000238. The third-order valence-corrected chi connectivity index (χ3v) is 8.73. The van der Waals surface area contributed by atoms with Crippen molar-refractivity contribution in [2.45, 2.75) is 110 Å².